The van der Waals surface area contributed by atoms with Gasteiger partial charge in [0.15, 0.2) is 0 Å². The largest absolute Gasteiger partial charge is 0.462 e. The number of para-hydroxylation sites is 1. The zero-order chi connectivity index (χ0) is 27.7. The number of ether oxygens (including phenoxy) is 1. The number of carbonyl (C=O) groups excluding carboxylic acids is 4. The van der Waals surface area contributed by atoms with Crippen LogP contribution in [0.4, 0.5) is 16.4 Å². The Bertz CT molecular complexity index is 1310. The fraction of sp³-hybridized carbons (Fsp3) is 0.286. The van der Waals surface area contributed by atoms with Crippen LogP contribution in [0, 0.1) is 6.92 Å². The third-order valence-corrected chi connectivity index (χ3v) is 7.68. The molecule has 0 spiro atoms. The van der Waals surface area contributed by atoms with E-state index in [4.69, 9.17) is 4.74 Å². The molecule has 3 amide bonds. The van der Waals surface area contributed by atoms with E-state index >= 15 is 0 Å². The molecule has 0 saturated heterocycles. The van der Waals surface area contributed by atoms with Crippen molar-refractivity contribution < 1.29 is 23.9 Å². The van der Waals surface area contributed by atoms with Gasteiger partial charge in [-0.05, 0) is 63.1 Å². The van der Waals surface area contributed by atoms with Crippen molar-refractivity contribution in [2.45, 2.75) is 50.7 Å². The number of thioether (sulfide) groups is 1. The molecule has 0 bridgehead atoms. The summed E-state index contributed by atoms with van der Waals surface area (Å²) in [6.07, 6.45) is 1.19. The van der Waals surface area contributed by atoms with Crippen LogP contribution >= 0.6 is 23.1 Å². The van der Waals surface area contributed by atoms with Gasteiger partial charge >= 0.3 is 5.97 Å². The van der Waals surface area contributed by atoms with Crippen molar-refractivity contribution in [2.24, 2.45) is 0 Å². The molecule has 0 saturated carbocycles. The highest BCUT2D eigenvalue weighted by Crippen LogP contribution is 2.35. The summed E-state index contributed by atoms with van der Waals surface area (Å²) in [5.41, 5.74) is 1.88. The average Bonchev–Trinajstić information content (AvgIpc) is 3.20. The first-order valence-corrected chi connectivity index (χ1v) is 14.0. The Hall–Kier alpha value is -3.63. The second kappa shape index (κ2) is 13.8. The average molecular weight is 554 g/mol. The van der Waals surface area contributed by atoms with E-state index in [2.05, 4.69) is 16.0 Å². The summed E-state index contributed by atoms with van der Waals surface area (Å²) in [6, 6.07) is 16.3. The first kappa shape index (κ1) is 28.9. The maximum atomic E-state index is 13.1. The number of rotatable bonds is 11. The van der Waals surface area contributed by atoms with Gasteiger partial charge in [-0.3, -0.25) is 14.4 Å². The number of anilines is 3. The van der Waals surface area contributed by atoms with E-state index in [1.54, 1.807) is 51.1 Å². The topological polar surface area (TPSA) is 114 Å². The lowest BCUT2D eigenvalue weighted by Gasteiger charge is -2.13. The Balaban J connectivity index is 1.78. The summed E-state index contributed by atoms with van der Waals surface area (Å²) >= 11 is 2.35. The van der Waals surface area contributed by atoms with Crippen molar-refractivity contribution in [1.82, 2.24) is 0 Å². The van der Waals surface area contributed by atoms with Gasteiger partial charge in [0, 0.05) is 22.7 Å². The molecule has 1 heterocycles. The predicted molar refractivity (Wildman–Crippen MR) is 153 cm³/mol. The van der Waals surface area contributed by atoms with E-state index in [0.717, 1.165) is 22.7 Å². The molecule has 0 aliphatic carbocycles. The molecule has 0 aliphatic heterocycles. The van der Waals surface area contributed by atoms with Gasteiger partial charge in [-0.1, -0.05) is 31.2 Å². The summed E-state index contributed by atoms with van der Waals surface area (Å²) in [4.78, 5) is 51.9. The van der Waals surface area contributed by atoms with Crippen LogP contribution in [0.5, 0.6) is 0 Å². The molecule has 3 N–H and O–H groups in total. The van der Waals surface area contributed by atoms with Crippen LogP contribution in [0.1, 0.15) is 59.2 Å². The Labute approximate surface area is 230 Å². The number of nitrogens with one attached hydrogen (secondary N) is 3. The van der Waals surface area contributed by atoms with Crippen LogP contribution in [0.2, 0.25) is 0 Å². The molecule has 3 aromatic rings. The van der Waals surface area contributed by atoms with Gasteiger partial charge in [-0.25, -0.2) is 4.79 Å². The summed E-state index contributed by atoms with van der Waals surface area (Å²) in [5, 5.41) is 8.22. The minimum absolute atomic E-state index is 0.0629. The fourth-order valence-corrected chi connectivity index (χ4v) is 5.56. The SMILES string of the molecule is CCCC(=O)Nc1cccc(SC(C)C(=O)Nc2sc(C(=O)Nc3ccccc3)c(C)c2C(=O)OCC)c1. The van der Waals surface area contributed by atoms with Crippen molar-refractivity contribution in [3.05, 3.63) is 70.6 Å². The summed E-state index contributed by atoms with van der Waals surface area (Å²) in [6.45, 7) is 7.20. The molecule has 1 aromatic heterocycles. The Kier molecular flexibility index (Phi) is 10.5. The number of benzene rings is 2. The van der Waals surface area contributed by atoms with E-state index in [-0.39, 0.29) is 34.9 Å². The van der Waals surface area contributed by atoms with Gasteiger partial charge in [0.25, 0.3) is 5.91 Å². The molecule has 8 nitrogen and oxygen atoms in total. The van der Waals surface area contributed by atoms with Crippen molar-refractivity contribution in [3.8, 4) is 0 Å². The zero-order valence-corrected chi connectivity index (χ0v) is 23.4. The molecular weight excluding hydrogens is 522 g/mol. The number of hydrogen-bond donors (Lipinski definition) is 3. The van der Waals surface area contributed by atoms with Crippen molar-refractivity contribution >= 4 is 63.2 Å². The number of thiophene rings is 1. The van der Waals surface area contributed by atoms with Crippen LogP contribution < -0.4 is 16.0 Å². The molecule has 200 valence electrons. The van der Waals surface area contributed by atoms with Crippen LogP contribution in [-0.4, -0.2) is 35.5 Å². The van der Waals surface area contributed by atoms with Crippen LogP contribution in [0.15, 0.2) is 59.5 Å². The molecule has 3 rings (SSSR count). The van der Waals surface area contributed by atoms with Gasteiger partial charge in [0.1, 0.15) is 5.00 Å². The van der Waals surface area contributed by atoms with Gasteiger partial charge in [-0.15, -0.1) is 23.1 Å². The van der Waals surface area contributed by atoms with E-state index in [1.807, 2.05) is 31.2 Å². The molecule has 10 heteroatoms. The maximum absolute atomic E-state index is 13.1. The predicted octanol–water partition coefficient (Wildman–Crippen LogP) is 6.34. The second-order valence-corrected chi connectivity index (χ2v) is 10.8. The third kappa shape index (κ3) is 7.69. The molecule has 0 fully saturated rings. The lowest BCUT2D eigenvalue weighted by atomic mass is 10.1. The van der Waals surface area contributed by atoms with Gasteiger partial charge in [0.2, 0.25) is 11.8 Å². The van der Waals surface area contributed by atoms with Crippen LogP contribution in [0.3, 0.4) is 0 Å². The quantitative estimate of drug-likeness (QED) is 0.189. The lowest BCUT2D eigenvalue weighted by Crippen LogP contribution is -2.23. The van der Waals surface area contributed by atoms with Gasteiger partial charge < -0.3 is 20.7 Å². The molecule has 1 unspecified atom stereocenters. The Morgan fingerprint density at radius 1 is 0.947 bits per heavy atom. The second-order valence-electron chi connectivity index (χ2n) is 8.38. The van der Waals surface area contributed by atoms with E-state index < -0.39 is 11.2 Å². The van der Waals surface area contributed by atoms with Gasteiger partial charge in [0.05, 0.1) is 22.3 Å². The summed E-state index contributed by atoms with van der Waals surface area (Å²) in [5.74, 6) is -1.38. The molecule has 1 atom stereocenters. The molecule has 2 aromatic carbocycles. The first-order chi connectivity index (χ1) is 18.2. The minimum atomic E-state index is -0.605. The maximum Gasteiger partial charge on any atom is 0.341 e. The van der Waals surface area contributed by atoms with Crippen LogP contribution in [0.25, 0.3) is 0 Å². The van der Waals surface area contributed by atoms with E-state index in [1.165, 1.54) is 11.8 Å². The highest BCUT2D eigenvalue weighted by atomic mass is 32.2. The summed E-state index contributed by atoms with van der Waals surface area (Å²) < 4.78 is 5.21. The molecular formula is C28H31N3O5S2. The first-order valence-electron chi connectivity index (χ1n) is 12.3. The highest BCUT2D eigenvalue weighted by molar-refractivity contribution is 8.00. The Morgan fingerprint density at radius 2 is 1.66 bits per heavy atom. The number of esters is 1. The Morgan fingerprint density at radius 3 is 2.34 bits per heavy atom. The fourth-order valence-electron chi connectivity index (χ4n) is 3.55. The van der Waals surface area contributed by atoms with Crippen LogP contribution in [-0.2, 0) is 14.3 Å². The third-order valence-electron chi connectivity index (χ3n) is 5.38. The zero-order valence-electron chi connectivity index (χ0n) is 21.8. The molecule has 0 aliphatic rings. The molecule has 38 heavy (non-hydrogen) atoms. The standard InChI is InChI=1S/C28H31N3O5S2/c1-5-11-22(32)29-20-14-10-15-21(16-20)37-18(4)25(33)31-27-23(28(35)36-6-2)17(3)24(38-27)26(34)30-19-12-8-7-9-13-19/h7-10,12-16,18H,5-6,11H2,1-4H3,(H,29,32)(H,30,34)(H,31,33). The smallest absolute Gasteiger partial charge is 0.341 e. The number of carbonyl (C=O) groups is 4. The number of hydrogen-bond acceptors (Lipinski definition) is 7. The molecule has 0 radical (unpaired) electrons. The monoisotopic (exact) mass is 553 g/mol. The summed E-state index contributed by atoms with van der Waals surface area (Å²) in [7, 11) is 0. The van der Waals surface area contributed by atoms with Crippen molar-refractivity contribution in [3.63, 3.8) is 0 Å². The minimum Gasteiger partial charge on any atom is -0.462 e. The van der Waals surface area contributed by atoms with Crippen molar-refractivity contribution in [2.75, 3.05) is 22.6 Å². The van der Waals surface area contributed by atoms with Crippen molar-refractivity contribution in [1.29, 1.82) is 0 Å². The lowest BCUT2D eigenvalue weighted by molar-refractivity contribution is -0.116. The highest BCUT2D eigenvalue weighted by Gasteiger charge is 2.28. The van der Waals surface area contributed by atoms with E-state index in [0.29, 0.717) is 28.2 Å². The normalized spacial score (nSPS) is 11.4. The number of amides is 3. The van der Waals surface area contributed by atoms with Gasteiger partial charge in [-0.2, -0.15) is 0 Å². The van der Waals surface area contributed by atoms with E-state index in [9.17, 15) is 19.2 Å².